The summed E-state index contributed by atoms with van der Waals surface area (Å²) in [5, 5.41) is 13.1. The van der Waals surface area contributed by atoms with Crippen molar-refractivity contribution >= 4 is 23.8 Å². The number of hydrogen-bond acceptors (Lipinski definition) is 3. The van der Waals surface area contributed by atoms with E-state index in [-0.39, 0.29) is 24.1 Å². The average Bonchev–Trinajstić information content (AvgIpc) is 2.92. The number of nitrogens with one attached hydrogen (secondary N) is 2. The molecule has 0 radical (unpaired) electrons. The minimum absolute atomic E-state index is 0.175. The molecule has 0 aromatic rings. The Hall–Kier alpha value is -1.12. The van der Waals surface area contributed by atoms with Crippen LogP contribution in [0, 0.1) is 0 Å². The summed E-state index contributed by atoms with van der Waals surface area (Å²) in [4.78, 5) is 21.8. The summed E-state index contributed by atoms with van der Waals surface area (Å²) >= 11 is -0.243. The Morgan fingerprint density at radius 3 is 2.35 bits per heavy atom. The number of carboxylic acids is 1. The van der Waals surface area contributed by atoms with E-state index in [0.717, 1.165) is 0 Å². The quantitative estimate of drug-likeness (QED) is 0.656. The van der Waals surface area contributed by atoms with Crippen molar-refractivity contribution in [2.45, 2.75) is 23.9 Å². The number of carbonyl (C=O) groups excluding carboxylic acids is 1. The average molecular weight is 272 g/mol. The van der Waals surface area contributed by atoms with E-state index < -0.39 is 23.0 Å². The van der Waals surface area contributed by atoms with Gasteiger partial charge in [0.25, 0.3) is 0 Å². The summed E-state index contributed by atoms with van der Waals surface area (Å²) in [5.41, 5.74) is -5.54. The number of carbonyl (C=O) groups is 2. The van der Waals surface area contributed by atoms with Crippen LogP contribution in [0.25, 0.3) is 0 Å². The fraction of sp³-hybridized carbons (Fsp3) is 0.750. The van der Waals surface area contributed by atoms with E-state index in [2.05, 4.69) is 10.6 Å². The van der Waals surface area contributed by atoms with Crippen LogP contribution in [0.1, 0.15) is 12.8 Å². The van der Waals surface area contributed by atoms with Crippen molar-refractivity contribution in [1.82, 2.24) is 10.6 Å². The highest BCUT2D eigenvalue weighted by molar-refractivity contribution is 8.00. The Bertz CT molecular complexity index is 318. The number of carboxylic acid groups (broad SMARTS) is 1. The molecule has 0 unspecified atom stereocenters. The number of halogens is 3. The van der Waals surface area contributed by atoms with Crippen LogP contribution in [-0.2, 0) is 4.79 Å². The first-order valence-electron chi connectivity index (χ1n) is 4.75. The first-order valence-corrected chi connectivity index (χ1v) is 5.74. The van der Waals surface area contributed by atoms with Crippen LogP contribution in [-0.4, -0.2) is 40.5 Å². The standard InChI is InChI=1S/C8H11F3N2O3S/c9-8(10,11)17-4-3-12-6(16)13-7(1-2-7)5(14)15/h1-4H2,(H,14,15)(H2,12,13,16). The summed E-state index contributed by atoms with van der Waals surface area (Å²) in [6, 6.07) is -0.757. The molecule has 1 rings (SSSR count). The van der Waals surface area contributed by atoms with E-state index >= 15 is 0 Å². The molecular weight excluding hydrogens is 261 g/mol. The van der Waals surface area contributed by atoms with Gasteiger partial charge in [0.1, 0.15) is 5.54 Å². The van der Waals surface area contributed by atoms with E-state index in [0.29, 0.717) is 12.8 Å². The van der Waals surface area contributed by atoms with E-state index in [1.165, 1.54) is 0 Å². The summed E-state index contributed by atoms with van der Waals surface area (Å²) in [6.07, 6.45) is 0.681. The number of rotatable bonds is 5. The molecule has 17 heavy (non-hydrogen) atoms. The molecule has 9 heteroatoms. The third kappa shape index (κ3) is 4.72. The molecule has 0 aliphatic heterocycles. The van der Waals surface area contributed by atoms with Gasteiger partial charge in [-0.15, -0.1) is 0 Å². The van der Waals surface area contributed by atoms with Crippen molar-refractivity contribution in [2.75, 3.05) is 12.3 Å². The maximum atomic E-state index is 11.7. The third-order valence-electron chi connectivity index (χ3n) is 2.17. The van der Waals surface area contributed by atoms with Crippen molar-refractivity contribution in [3.63, 3.8) is 0 Å². The van der Waals surface area contributed by atoms with Gasteiger partial charge in [-0.25, -0.2) is 9.59 Å². The summed E-state index contributed by atoms with van der Waals surface area (Å²) in [5.74, 6) is -1.44. The van der Waals surface area contributed by atoms with Crippen LogP contribution < -0.4 is 10.6 Å². The predicted octanol–water partition coefficient (Wildman–Crippen LogP) is 1.16. The summed E-state index contributed by atoms with van der Waals surface area (Å²) in [7, 11) is 0. The number of aliphatic carboxylic acids is 1. The maximum Gasteiger partial charge on any atom is 0.441 e. The highest BCUT2D eigenvalue weighted by Crippen LogP contribution is 2.35. The lowest BCUT2D eigenvalue weighted by Crippen LogP contribution is -2.48. The van der Waals surface area contributed by atoms with E-state index in [9.17, 15) is 22.8 Å². The Kier molecular flexibility index (Phi) is 4.12. The minimum atomic E-state index is -4.32. The van der Waals surface area contributed by atoms with Gasteiger partial charge in [-0.05, 0) is 24.6 Å². The molecule has 0 bridgehead atoms. The van der Waals surface area contributed by atoms with Gasteiger partial charge in [0.2, 0.25) is 0 Å². The van der Waals surface area contributed by atoms with Gasteiger partial charge in [-0.3, -0.25) is 0 Å². The highest BCUT2D eigenvalue weighted by atomic mass is 32.2. The zero-order valence-corrected chi connectivity index (χ0v) is 9.45. The third-order valence-corrected chi connectivity index (χ3v) is 2.90. The fourth-order valence-corrected chi connectivity index (χ4v) is 1.55. The number of alkyl halides is 3. The molecule has 2 amide bonds. The maximum absolute atomic E-state index is 11.7. The Balaban J connectivity index is 2.16. The molecule has 0 saturated heterocycles. The van der Waals surface area contributed by atoms with Crippen LogP contribution in [0.5, 0.6) is 0 Å². The van der Waals surface area contributed by atoms with E-state index in [1.807, 2.05) is 0 Å². The minimum Gasteiger partial charge on any atom is -0.480 e. The van der Waals surface area contributed by atoms with Gasteiger partial charge >= 0.3 is 17.5 Å². The van der Waals surface area contributed by atoms with Crippen molar-refractivity contribution in [1.29, 1.82) is 0 Å². The van der Waals surface area contributed by atoms with Gasteiger partial charge in [0, 0.05) is 12.3 Å². The smallest absolute Gasteiger partial charge is 0.441 e. The van der Waals surface area contributed by atoms with Crippen molar-refractivity contribution in [3.8, 4) is 0 Å². The van der Waals surface area contributed by atoms with Gasteiger partial charge < -0.3 is 15.7 Å². The summed E-state index contributed by atoms with van der Waals surface area (Å²) in [6.45, 7) is -0.175. The molecule has 0 aromatic heterocycles. The second-order valence-electron chi connectivity index (χ2n) is 3.56. The van der Waals surface area contributed by atoms with Crippen LogP contribution in [0.2, 0.25) is 0 Å². The molecule has 3 N–H and O–H groups in total. The molecular formula is C8H11F3N2O3S. The van der Waals surface area contributed by atoms with Crippen LogP contribution in [0.4, 0.5) is 18.0 Å². The lowest BCUT2D eigenvalue weighted by atomic mass is 10.3. The number of amides is 2. The molecule has 1 fully saturated rings. The highest BCUT2D eigenvalue weighted by Gasteiger charge is 2.51. The number of urea groups is 1. The van der Waals surface area contributed by atoms with Crippen molar-refractivity contribution in [3.05, 3.63) is 0 Å². The topological polar surface area (TPSA) is 78.4 Å². The van der Waals surface area contributed by atoms with Gasteiger partial charge in [0.05, 0.1) is 0 Å². The second kappa shape index (κ2) is 5.03. The first-order chi connectivity index (χ1) is 7.75. The first kappa shape index (κ1) is 13.9. The van der Waals surface area contributed by atoms with E-state index in [1.54, 1.807) is 0 Å². The predicted molar refractivity (Wildman–Crippen MR) is 54.6 cm³/mol. The van der Waals surface area contributed by atoms with Gasteiger partial charge in [-0.2, -0.15) is 13.2 Å². The SMILES string of the molecule is O=C(NCCSC(F)(F)F)NC1(C(=O)O)CC1. The molecule has 0 heterocycles. The molecule has 0 aromatic carbocycles. The number of thioether (sulfide) groups is 1. The Morgan fingerprint density at radius 1 is 1.35 bits per heavy atom. The lowest BCUT2D eigenvalue weighted by molar-refractivity contribution is -0.140. The second-order valence-corrected chi connectivity index (χ2v) is 4.72. The van der Waals surface area contributed by atoms with Gasteiger partial charge in [0.15, 0.2) is 0 Å². The molecule has 5 nitrogen and oxygen atoms in total. The molecule has 1 saturated carbocycles. The Morgan fingerprint density at radius 2 is 1.94 bits per heavy atom. The van der Waals surface area contributed by atoms with Gasteiger partial charge in [-0.1, -0.05) is 0 Å². The van der Waals surface area contributed by atoms with Crippen LogP contribution >= 0.6 is 11.8 Å². The zero-order valence-electron chi connectivity index (χ0n) is 8.63. The van der Waals surface area contributed by atoms with Crippen LogP contribution in [0.3, 0.4) is 0 Å². The Labute approximate surface area is 99.1 Å². The van der Waals surface area contributed by atoms with Crippen LogP contribution in [0.15, 0.2) is 0 Å². The van der Waals surface area contributed by atoms with Crippen molar-refractivity contribution < 1.29 is 27.9 Å². The lowest BCUT2D eigenvalue weighted by Gasteiger charge is -2.13. The normalized spacial score (nSPS) is 17.4. The molecule has 0 atom stereocenters. The largest absolute Gasteiger partial charge is 0.480 e. The number of hydrogen-bond donors (Lipinski definition) is 3. The van der Waals surface area contributed by atoms with Crippen molar-refractivity contribution in [2.24, 2.45) is 0 Å². The zero-order chi connectivity index (χ0) is 13.1. The molecule has 1 aliphatic carbocycles. The fourth-order valence-electron chi connectivity index (χ4n) is 1.11. The monoisotopic (exact) mass is 272 g/mol. The molecule has 1 aliphatic rings. The molecule has 0 spiro atoms. The van der Waals surface area contributed by atoms with E-state index in [4.69, 9.17) is 5.11 Å². The summed E-state index contributed by atoms with van der Waals surface area (Å²) < 4.78 is 35.2. The molecule has 98 valence electrons.